The molecule has 0 atom stereocenters. The minimum atomic E-state index is 0.614. The summed E-state index contributed by atoms with van der Waals surface area (Å²) in [5, 5.41) is 0. The first kappa shape index (κ1) is 14.6. The summed E-state index contributed by atoms with van der Waals surface area (Å²) in [5.41, 5.74) is 0. The van der Waals surface area contributed by atoms with Crippen molar-refractivity contribution in [3.8, 4) is 0 Å². The van der Waals surface area contributed by atoms with Gasteiger partial charge in [-0.05, 0) is 27.7 Å². The summed E-state index contributed by atoms with van der Waals surface area (Å²) in [4.78, 5) is 0. The molecule has 0 rings (SSSR count). The molecule has 0 aromatic carbocycles. The SMILES string of the molecule is CCN(SSN(CC)C(C)C)C(C)C. The van der Waals surface area contributed by atoms with Crippen LogP contribution in [-0.4, -0.2) is 33.8 Å². The maximum Gasteiger partial charge on any atom is 0.0154 e. The Bertz CT molecular complexity index is 124. The third kappa shape index (κ3) is 5.49. The standard InChI is InChI=1S/C10H24N2S2/c1-7-11(9(3)4)13-14-12(8-2)10(5)6/h9-10H,7-8H2,1-6H3. The second-order valence-electron chi connectivity index (χ2n) is 3.80. The van der Waals surface area contributed by atoms with Crippen LogP contribution in [0.15, 0.2) is 0 Å². The Morgan fingerprint density at radius 3 is 1.21 bits per heavy atom. The third-order valence-electron chi connectivity index (χ3n) is 2.00. The van der Waals surface area contributed by atoms with E-state index in [2.05, 4.69) is 50.2 Å². The minimum absolute atomic E-state index is 0.614. The van der Waals surface area contributed by atoms with Crippen LogP contribution in [0.2, 0.25) is 0 Å². The van der Waals surface area contributed by atoms with Crippen molar-refractivity contribution in [1.82, 2.24) is 8.61 Å². The van der Waals surface area contributed by atoms with Crippen LogP contribution in [0.3, 0.4) is 0 Å². The van der Waals surface area contributed by atoms with Gasteiger partial charge in [0, 0.05) is 47.1 Å². The molecule has 0 aromatic rings. The first-order valence-electron chi connectivity index (χ1n) is 5.40. The average Bonchev–Trinajstić information content (AvgIpc) is 2.11. The van der Waals surface area contributed by atoms with Crippen molar-refractivity contribution in [2.45, 2.75) is 53.6 Å². The van der Waals surface area contributed by atoms with Crippen molar-refractivity contribution in [3.05, 3.63) is 0 Å². The molecular weight excluding hydrogens is 212 g/mol. The molecule has 0 heterocycles. The highest BCUT2D eigenvalue weighted by atomic mass is 33.1. The summed E-state index contributed by atoms with van der Waals surface area (Å²) in [7, 11) is 3.73. The van der Waals surface area contributed by atoms with E-state index in [4.69, 9.17) is 0 Å². The van der Waals surface area contributed by atoms with Crippen molar-refractivity contribution in [2.75, 3.05) is 13.1 Å². The monoisotopic (exact) mass is 236 g/mol. The van der Waals surface area contributed by atoms with Gasteiger partial charge >= 0.3 is 0 Å². The Morgan fingerprint density at radius 2 is 1.07 bits per heavy atom. The summed E-state index contributed by atoms with van der Waals surface area (Å²) in [6.45, 7) is 15.6. The summed E-state index contributed by atoms with van der Waals surface area (Å²) in [6.07, 6.45) is 0. The summed E-state index contributed by atoms with van der Waals surface area (Å²) < 4.78 is 4.80. The van der Waals surface area contributed by atoms with Gasteiger partial charge in [0.2, 0.25) is 0 Å². The highest BCUT2D eigenvalue weighted by molar-refractivity contribution is 8.74. The lowest BCUT2D eigenvalue weighted by molar-refractivity contribution is 0.410. The molecule has 0 N–H and O–H groups in total. The molecule has 0 aliphatic carbocycles. The predicted molar refractivity (Wildman–Crippen MR) is 70.2 cm³/mol. The van der Waals surface area contributed by atoms with Crippen molar-refractivity contribution in [3.63, 3.8) is 0 Å². The van der Waals surface area contributed by atoms with Crippen molar-refractivity contribution >= 4 is 22.0 Å². The second kappa shape index (κ2) is 7.85. The lowest BCUT2D eigenvalue weighted by Crippen LogP contribution is -2.26. The zero-order valence-corrected chi connectivity index (χ0v) is 11.9. The minimum Gasteiger partial charge on any atom is -0.238 e. The van der Waals surface area contributed by atoms with E-state index in [0.29, 0.717) is 12.1 Å². The molecule has 0 radical (unpaired) electrons. The average molecular weight is 236 g/mol. The van der Waals surface area contributed by atoms with Gasteiger partial charge in [0.25, 0.3) is 0 Å². The Balaban J connectivity index is 3.88. The zero-order valence-electron chi connectivity index (χ0n) is 10.3. The van der Waals surface area contributed by atoms with Gasteiger partial charge < -0.3 is 0 Å². The summed E-state index contributed by atoms with van der Waals surface area (Å²) >= 11 is 0. The third-order valence-corrected chi connectivity index (χ3v) is 5.16. The van der Waals surface area contributed by atoms with Crippen LogP contribution in [0.25, 0.3) is 0 Å². The predicted octanol–water partition coefficient (Wildman–Crippen LogP) is 3.66. The first-order chi connectivity index (χ1) is 6.52. The number of hydrogen-bond acceptors (Lipinski definition) is 4. The molecule has 0 fully saturated rings. The fourth-order valence-electron chi connectivity index (χ4n) is 1.09. The van der Waals surface area contributed by atoms with Crippen molar-refractivity contribution in [2.24, 2.45) is 0 Å². The van der Waals surface area contributed by atoms with E-state index in [1.165, 1.54) is 0 Å². The molecule has 0 saturated carbocycles. The van der Waals surface area contributed by atoms with E-state index >= 15 is 0 Å². The van der Waals surface area contributed by atoms with Crippen LogP contribution in [-0.2, 0) is 0 Å². The Morgan fingerprint density at radius 1 is 0.786 bits per heavy atom. The molecule has 86 valence electrons. The van der Waals surface area contributed by atoms with Crippen molar-refractivity contribution in [1.29, 1.82) is 0 Å². The Hall–Kier alpha value is 0.620. The fourth-order valence-corrected chi connectivity index (χ4v) is 4.00. The number of nitrogens with zero attached hydrogens (tertiary/aromatic N) is 2. The van der Waals surface area contributed by atoms with E-state index in [1.54, 1.807) is 0 Å². The molecule has 0 aliphatic rings. The molecule has 0 bridgehead atoms. The van der Waals surface area contributed by atoms with Gasteiger partial charge in [-0.15, -0.1) is 0 Å². The molecule has 0 saturated heterocycles. The van der Waals surface area contributed by atoms with Crippen molar-refractivity contribution < 1.29 is 0 Å². The molecule has 14 heavy (non-hydrogen) atoms. The molecule has 0 aliphatic heterocycles. The molecule has 0 spiro atoms. The molecule has 0 aromatic heterocycles. The maximum absolute atomic E-state index is 2.40. The Labute approximate surface area is 97.5 Å². The van der Waals surface area contributed by atoms with E-state index in [0.717, 1.165) is 13.1 Å². The van der Waals surface area contributed by atoms with Gasteiger partial charge in [-0.1, -0.05) is 13.8 Å². The van der Waals surface area contributed by atoms with Gasteiger partial charge in [0.1, 0.15) is 0 Å². The van der Waals surface area contributed by atoms with E-state index in [9.17, 15) is 0 Å². The van der Waals surface area contributed by atoms with Crippen LogP contribution in [0.4, 0.5) is 0 Å². The molecule has 2 nitrogen and oxygen atoms in total. The van der Waals surface area contributed by atoms with Crippen LogP contribution in [0.1, 0.15) is 41.5 Å². The zero-order chi connectivity index (χ0) is 11.1. The quantitative estimate of drug-likeness (QED) is 0.491. The number of hydrogen-bond donors (Lipinski definition) is 0. The van der Waals surface area contributed by atoms with E-state index in [1.807, 2.05) is 22.0 Å². The van der Waals surface area contributed by atoms with E-state index in [-0.39, 0.29) is 0 Å². The van der Waals surface area contributed by atoms with Crippen LogP contribution in [0, 0.1) is 0 Å². The van der Waals surface area contributed by atoms with Crippen LogP contribution in [0.5, 0.6) is 0 Å². The van der Waals surface area contributed by atoms with Gasteiger partial charge in [0.05, 0.1) is 0 Å². The summed E-state index contributed by atoms with van der Waals surface area (Å²) in [6, 6.07) is 1.23. The second-order valence-corrected chi connectivity index (χ2v) is 5.93. The Kier molecular flexibility index (Phi) is 8.20. The normalized spacial score (nSPS) is 12.4. The van der Waals surface area contributed by atoms with E-state index < -0.39 is 0 Å². The topological polar surface area (TPSA) is 6.48 Å². The molecule has 4 heteroatoms. The fraction of sp³-hybridized carbons (Fsp3) is 1.00. The smallest absolute Gasteiger partial charge is 0.0154 e. The highest BCUT2D eigenvalue weighted by Crippen LogP contribution is 2.32. The lowest BCUT2D eigenvalue weighted by atomic mass is 10.4. The maximum atomic E-state index is 2.40. The van der Waals surface area contributed by atoms with Gasteiger partial charge in [-0.2, -0.15) is 0 Å². The number of rotatable bonds is 7. The molecule has 0 unspecified atom stereocenters. The van der Waals surface area contributed by atoms with Gasteiger partial charge in [0.15, 0.2) is 0 Å². The van der Waals surface area contributed by atoms with Gasteiger partial charge in [-0.25, -0.2) is 8.61 Å². The highest BCUT2D eigenvalue weighted by Gasteiger charge is 2.13. The first-order valence-corrected chi connectivity index (χ1v) is 7.47. The molecular formula is C10H24N2S2. The largest absolute Gasteiger partial charge is 0.238 e. The van der Waals surface area contributed by atoms with Crippen LogP contribution >= 0.6 is 22.0 Å². The summed E-state index contributed by atoms with van der Waals surface area (Å²) in [5.74, 6) is 0. The van der Waals surface area contributed by atoms with Crippen LogP contribution < -0.4 is 0 Å². The molecule has 0 amide bonds. The van der Waals surface area contributed by atoms with Gasteiger partial charge in [-0.3, -0.25) is 0 Å². The lowest BCUT2D eigenvalue weighted by Gasteiger charge is -2.28.